The van der Waals surface area contributed by atoms with Crippen LogP contribution in [0.3, 0.4) is 0 Å². The van der Waals surface area contributed by atoms with Gasteiger partial charge in [0.25, 0.3) is 5.91 Å². The fourth-order valence-corrected chi connectivity index (χ4v) is 5.22. The zero-order chi connectivity index (χ0) is 13.7. The lowest BCUT2D eigenvalue weighted by molar-refractivity contribution is 0.0901. The van der Waals surface area contributed by atoms with Gasteiger partial charge < -0.3 is 5.32 Å². The van der Waals surface area contributed by atoms with Crippen molar-refractivity contribution in [1.29, 1.82) is 0 Å². The fourth-order valence-electron chi connectivity index (χ4n) is 5.02. The van der Waals surface area contributed by atoms with Crippen LogP contribution in [-0.2, 0) is 0 Å². The lowest BCUT2D eigenvalue weighted by atomic mass is 9.79. The van der Waals surface area contributed by atoms with Gasteiger partial charge in [-0.2, -0.15) is 0 Å². The molecular weight excluding hydrogens is 272 g/mol. The molecule has 20 heavy (non-hydrogen) atoms. The molecule has 4 rings (SSSR count). The molecule has 1 aromatic rings. The van der Waals surface area contributed by atoms with Gasteiger partial charge >= 0.3 is 0 Å². The van der Waals surface area contributed by atoms with Gasteiger partial charge in [-0.25, -0.2) is 0 Å². The lowest BCUT2D eigenvalue weighted by Gasteiger charge is -2.32. The molecule has 0 spiro atoms. The van der Waals surface area contributed by atoms with Gasteiger partial charge in [0.05, 0.1) is 10.6 Å². The molecule has 3 aliphatic carbocycles. The summed E-state index contributed by atoms with van der Waals surface area (Å²) in [6.07, 6.45) is 9.82. The average Bonchev–Trinajstić information content (AvgIpc) is 3.10. The third kappa shape index (κ3) is 1.86. The SMILES string of the molecule is O=C(NC1CC2CC1C1CCCC21)c1cnccc1Cl. The highest BCUT2D eigenvalue weighted by Gasteiger charge is 2.54. The third-order valence-corrected chi connectivity index (χ3v) is 6.09. The molecule has 3 nitrogen and oxygen atoms in total. The normalized spacial score (nSPS) is 38.0. The van der Waals surface area contributed by atoms with Crippen LogP contribution in [0, 0.1) is 23.7 Å². The number of aromatic nitrogens is 1. The van der Waals surface area contributed by atoms with Crippen LogP contribution < -0.4 is 5.32 Å². The lowest BCUT2D eigenvalue weighted by Crippen LogP contribution is -2.42. The maximum Gasteiger partial charge on any atom is 0.254 e. The number of halogens is 1. The van der Waals surface area contributed by atoms with E-state index < -0.39 is 0 Å². The van der Waals surface area contributed by atoms with Gasteiger partial charge in [0.1, 0.15) is 0 Å². The molecule has 106 valence electrons. The number of nitrogens with one attached hydrogen (secondary N) is 1. The summed E-state index contributed by atoms with van der Waals surface area (Å²) in [6.45, 7) is 0. The summed E-state index contributed by atoms with van der Waals surface area (Å²) in [5.74, 6) is 3.31. The van der Waals surface area contributed by atoms with Gasteiger partial charge in [-0.1, -0.05) is 18.0 Å². The Morgan fingerprint density at radius 2 is 2.10 bits per heavy atom. The monoisotopic (exact) mass is 290 g/mol. The molecule has 2 bridgehead atoms. The summed E-state index contributed by atoms with van der Waals surface area (Å²) in [7, 11) is 0. The van der Waals surface area contributed by atoms with Crippen LogP contribution in [0.4, 0.5) is 0 Å². The Balaban J connectivity index is 1.48. The van der Waals surface area contributed by atoms with Gasteiger partial charge in [-0.05, 0) is 55.4 Å². The summed E-state index contributed by atoms with van der Waals surface area (Å²) >= 11 is 6.07. The van der Waals surface area contributed by atoms with E-state index in [1.54, 1.807) is 18.5 Å². The topological polar surface area (TPSA) is 42.0 Å². The smallest absolute Gasteiger partial charge is 0.254 e. The number of carbonyl (C=O) groups excluding carboxylic acids is 1. The number of hydrogen-bond donors (Lipinski definition) is 1. The summed E-state index contributed by atoms with van der Waals surface area (Å²) in [6, 6.07) is 2.02. The Labute approximate surface area is 124 Å². The Bertz CT molecular complexity index is 547. The van der Waals surface area contributed by atoms with E-state index in [9.17, 15) is 4.79 Å². The van der Waals surface area contributed by atoms with E-state index in [2.05, 4.69) is 10.3 Å². The maximum atomic E-state index is 12.4. The second-order valence-electron chi connectivity index (χ2n) is 6.59. The van der Waals surface area contributed by atoms with Crippen molar-refractivity contribution in [2.45, 2.75) is 38.1 Å². The molecule has 3 aliphatic rings. The molecule has 3 fully saturated rings. The third-order valence-electron chi connectivity index (χ3n) is 5.76. The first-order valence-corrected chi connectivity index (χ1v) is 8.02. The van der Waals surface area contributed by atoms with Crippen molar-refractivity contribution in [2.24, 2.45) is 23.7 Å². The van der Waals surface area contributed by atoms with E-state index in [0.29, 0.717) is 22.5 Å². The van der Waals surface area contributed by atoms with Crippen LogP contribution in [0.15, 0.2) is 18.5 Å². The van der Waals surface area contributed by atoms with Gasteiger partial charge in [0.15, 0.2) is 0 Å². The second kappa shape index (κ2) is 4.73. The molecule has 5 atom stereocenters. The van der Waals surface area contributed by atoms with Crippen molar-refractivity contribution in [3.8, 4) is 0 Å². The number of fused-ring (bicyclic) bond motifs is 5. The summed E-state index contributed by atoms with van der Waals surface area (Å²) in [5, 5.41) is 3.70. The predicted octanol–water partition coefficient (Wildman–Crippen LogP) is 3.29. The van der Waals surface area contributed by atoms with Crippen LogP contribution >= 0.6 is 11.6 Å². The Morgan fingerprint density at radius 3 is 2.95 bits per heavy atom. The number of pyridine rings is 1. The molecule has 0 aromatic carbocycles. The summed E-state index contributed by atoms with van der Waals surface area (Å²) < 4.78 is 0. The van der Waals surface area contributed by atoms with Gasteiger partial charge in [0, 0.05) is 18.4 Å². The quantitative estimate of drug-likeness (QED) is 0.908. The van der Waals surface area contributed by atoms with E-state index in [1.807, 2.05) is 0 Å². The van der Waals surface area contributed by atoms with E-state index in [1.165, 1.54) is 25.7 Å². The van der Waals surface area contributed by atoms with Crippen molar-refractivity contribution in [3.63, 3.8) is 0 Å². The van der Waals surface area contributed by atoms with Crippen LogP contribution in [0.2, 0.25) is 5.02 Å². The standard InChI is InChI=1S/C16H19ClN2O/c17-14-4-5-18-8-13(14)16(20)19-15-7-9-6-12(15)11-3-1-2-10(9)11/h4-5,8-12,15H,1-3,6-7H2,(H,19,20). The van der Waals surface area contributed by atoms with Crippen LogP contribution in [0.1, 0.15) is 42.5 Å². The van der Waals surface area contributed by atoms with E-state index in [-0.39, 0.29) is 5.91 Å². The number of hydrogen-bond acceptors (Lipinski definition) is 2. The van der Waals surface area contributed by atoms with Crippen molar-refractivity contribution in [3.05, 3.63) is 29.0 Å². The van der Waals surface area contributed by atoms with E-state index in [0.717, 1.165) is 24.2 Å². The highest BCUT2D eigenvalue weighted by Crippen LogP contribution is 2.58. The van der Waals surface area contributed by atoms with Crippen LogP contribution in [-0.4, -0.2) is 16.9 Å². The highest BCUT2D eigenvalue weighted by molar-refractivity contribution is 6.33. The minimum atomic E-state index is -0.0600. The number of amides is 1. The predicted molar refractivity (Wildman–Crippen MR) is 77.5 cm³/mol. The van der Waals surface area contributed by atoms with Crippen molar-refractivity contribution in [2.75, 3.05) is 0 Å². The fraction of sp³-hybridized carbons (Fsp3) is 0.625. The molecule has 1 heterocycles. The average molecular weight is 291 g/mol. The van der Waals surface area contributed by atoms with Crippen molar-refractivity contribution >= 4 is 17.5 Å². The second-order valence-corrected chi connectivity index (χ2v) is 7.00. The molecule has 0 radical (unpaired) electrons. The minimum absolute atomic E-state index is 0.0600. The minimum Gasteiger partial charge on any atom is -0.349 e. The molecule has 4 heteroatoms. The Hall–Kier alpha value is -1.09. The van der Waals surface area contributed by atoms with E-state index >= 15 is 0 Å². The van der Waals surface area contributed by atoms with Crippen molar-refractivity contribution in [1.82, 2.24) is 10.3 Å². The Kier molecular flexibility index (Phi) is 2.99. The number of nitrogens with zero attached hydrogens (tertiary/aromatic N) is 1. The molecule has 1 aromatic heterocycles. The zero-order valence-electron chi connectivity index (χ0n) is 11.4. The van der Waals surface area contributed by atoms with Gasteiger partial charge in [-0.15, -0.1) is 0 Å². The molecule has 0 aliphatic heterocycles. The number of carbonyl (C=O) groups is 1. The molecular formula is C16H19ClN2O. The molecule has 1 amide bonds. The highest BCUT2D eigenvalue weighted by atomic mass is 35.5. The summed E-state index contributed by atoms with van der Waals surface area (Å²) in [4.78, 5) is 16.4. The van der Waals surface area contributed by atoms with Crippen molar-refractivity contribution < 1.29 is 4.79 Å². The molecule has 5 unspecified atom stereocenters. The van der Waals surface area contributed by atoms with Crippen LogP contribution in [0.25, 0.3) is 0 Å². The van der Waals surface area contributed by atoms with Crippen LogP contribution in [0.5, 0.6) is 0 Å². The van der Waals surface area contributed by atoms with E-state index in [4.69, 9.17) is 11.6 Å². The van der Waals surface area contributed by atoms with Gasteiger partial charge in [-0.3, -0.25) is 9.78 Å². The first kappa shape index (κ1) is 12.6. The zero-order valence-corrected chi connectivity index (χ0v) is 12.1. The Morgan fingerprint density at radius 1 is 1.25 bits per heavy atom. The first-order valence-electron chi connectivity index (χ1n) is 7.64. The van der Waals surface area contributed by atoms with Gasteiger partial charge in [0.2, 0.25) is 0 Å². The molecule has 1 N–H and O–H groups in total. The largest absolute Gasteiger partial charge is 0.349 e. The maximum absolute atomic E-state index is 12.4. The molecule has 3 saturated carbocycles. The molecule has 0 saturated heterocycles. The number of rotatable bonds is 2. The first-order chi connectivity index (χ1) is 9.74. The summed E-state index contributed by atoms with van der Waals surface area (Å²) in [5.41, 5.74) is 0.500.